The van der Waals surface area contributed by atoms with Crippen molar-refractivity contribution in [1.82, 2.24) is 5.32 Å². The summed E-state index contributed by atoms with van der Waals surface area (Å²) in [6.07, 6.45) is 8.14. The molecule has 6 nitrogen and oxygen atoms in total. The van der Waals surface area contributed by atoms with Crippen molar-refractivity contribution in [2.45, 2.75) is 51.5 Å². The Kier molecular flexibility index (Phi) is 9.25. The Bertz CT molecular complexity index is 632. The molecule has 1 amide bonds. The fourth-order valence-electron chi connectivity index (χ4n) is 4.17. The van der Waals surface area contributed by atoms with Crippen molar-refractivity contribution in [3.63, 3.8) is 0 Å². The van der Waals surface area contributed by atoms with Gasteiger partial charge in [0, 0.05) is 51.3 Å². The molecule has 0 aromatic heterocycles. The molecule has 0 bridgehead atoms. The Labute approximate surface area is 175 Å². The van der Waals surface area contributed by atoms with Crippen molar-refractivity contribution >= 4 is 17.3 Å². The van der Waals surface area contributed by atoms with Crippen LogP contribution in [0.4, 0.5) is 11.4 Å². The number of amides is 1. The van der Waals surface area contributed by atoms with Crippen LogP contribution >= 0.6 is 0 Å². The second-order valence-electron chi connectivity index (χ2n) is 8.20. The third-order valence-electron chi connectivity index (χ3n) is 5.93. The molecular formula is C23H37N3O3. The Hall–Kier alpha value is -1.63. The molecule has 162 valence electrons. The first-order valence-electron chi connectivity index (χ1n) is 11.2. The van der Waals surface area contributed by atoms with Crippen molar-refractivity contribution in [1.29, 1.82) is 0 Å². The molecule has 1 aromatic rings. The molecule has 0 unspecified atom stereocenters. The second-order valence-corrected chi connectivity index (χ2v) is 8.20. The van der Waals surface area contributed by atoms with Gasteiger partial charge < -0.3 is 25.0 Å². The maximum absolute atomic E-state index is 12.7. The standard InChI is InChI=1S/C23H37N3O3/c1-28-18-23(27)26-12-6-4-2-3-5-11-24-17-20-15-21(7-8-22(20)26)25-16-19-9-13-29-14-10-19/h7-8,15,19,24-25H,2-6,9-14,16-18H2,1H3. The van der Waals surface area contributed by atoms with E-state index in [9.17, 15) is 4.79 Å². The summed E-state index contributed by atoms with van der Waals surface area (Å²) in [7, 11) is 1.58. The molecule has 0 atom stereocenters. The van der Waals surface area contributed by atoms with Gasteiger partial charge in [-0.05, 0) is 61.9 Å². The van der Waals surface area contributed by atoms with Gasteiger partial charge in [-0.3, -0.25) is 4.79 Å². The molecule has 29 heavy (non-hydrogen) atoms. The van der Waals surface area contributed by atoms with E-state index in [0.29, 0.717) is 5.92 Å². The van der Waals surface area contributed by atoms with Crippen molar-refractivity contribution in [3.05, 3.63) is 23.8 Å². The lowest BCUT2D eigenvalue weighted by atomic mass is 10.00. The molecule has 2 aliphatic rings. The first-order valence-corrected chi connectivity index (χ1v) is 11.2. The highest BCUT2D eigenvalue weighted by molar-refractivity contribution is 5.95. The van der Waals surface area contributed by atoms with Crippen LogP contribution in [0, 0.1) is 5.92 Å². The maximum Gasteiger partial charge on any atom is 0.252 e. The number of nitrogens with one attached hydrogen (secondary N) is 2. The average Bonchev–Trinajstić information content (AvgIpc) is 2.74. The molecule has 0 aliphatic carbocycles. The van der Waals surface area contributed by atoms with E-state index in [1.54, 1.807) is 7.11 Å². The molecular weight excluding hydrogens is 366 g/mol. The highest BCUT2D eigenvalue weighted by Gasteiger charge is 2.20. The number of ether oxygens (including phenoxy) is 2. The highest BCUT2D eigenvalue weighted by atomic mass is 16.5. The molecule has 0 spiro atoms. The fourth-order valence-corrected chi connectivity index (χ4v) is 4.17. The molecule has 2 N–H and O–H groups in total. The van der Waals surface area contributed by atoms with Crippen LogP contribution in [0.3, 0.4) is 0 Å². The number of methoxy groups -OCH3 is 1. The van der Waals surface area contributed by atoms with E-state index in [-0.39, 0.29) is 12.5 Å². The van der Waals surface area contributed by atoms with E-state index in [4.69, 9.17) is 9.47 Å². The number of hydrogen-bond donors (Lipinski definition) is 2. The summed E-state index contributed by atoms with van der Waals surface area (Å²) in [5.74, 6) is 0.705. The van der Waals surface area contributed by atoms with Gasteiger partial charge >= 0.3 is 0 Å². The lowest BCUT2D eigenvalue weighted by molar-refractivity contribution is -0.122. The monoisotopic (exact) mass is 403 g/mol. The predicted molar refractivity (Wildman–Crippen MR) is 117 cm³/mol. The normalized spacial score (nSPS) is 19.7. The average molecular weight is 404 g/mol. The minimum absolute atomic E-state index is 0.0359. The Balaban J connectivity index is 1.76. The van der Waals surface area contributed by atoms with Gasteiger partial charge in [-0.2, -0.15) is 0 Å². The SMILES string of the molecule is COCC(=O)N1CCCCCCCNCc2cc(NCC3CCOCC3)ccc21. The summed E-state index contributed by atoms with van der Waals surface area (Å²) in [6.45, 7) is 5.39. The lowest BCUT2D eigenvalue weighted by Gasteiger charge is -2.27. The Morgan fingerprint density at radius 1 is 1.21 bits per heavy atom. The molecule has 1 saturated heterocycles. The van der Waals surface area contributed by atoms with Crippen LogP contribution in [-0.2, 0) is 20.8 Å². The van der Waals surface area contributed by atoms with E-state index < -0.39 is 0 Å². The van der Waals surface area contributed by atoms with Gasteiger partial charge in [0.15, 0.2) is 0 Å². The number of fused-ring (bicyclic) bond motifs is 1. The van der Waals surface area contributed by atoms with Crippen LogP contribution in [0.15, 0.2) is 18.2 Å². The van der Waals surface area contributed by atoms with E-state index in [1.165, 1.54) is 24.8 Å². The number of nitrogens with zero attached hydrogens (tertiary/aromatic N) is 1. The Morgan fingerprint density at radius 2 is 2.00 bits per heavy atom. The lowest BCUT2D eigenvalue weighted by Crippen LogP contribution is -2.36. The van der Waals surface area contributed by atoms with E-state index in [1.807, 2.05) is 4.90 Å². The summed E-state index contributed by atoms with van der Waals surface area (Å²) in [5.41, 5.74) is 3.31. The molecule has 3 rings (SSSR count). The fraction of sp³-hybridized carbons (Fsp3) is 0.696. The van der Waals surface area contributed by atoms with Gasteiger partial charge in [-0.1, -0.05) is 19.3 Å². The van der Waals surface area contributed by atoms with Gasteiger partial charge in [0.2, 0.25) is 0 Å². The van der Waals surface area contributed by atoms with Gasteiger partial charge in [-0.15, -0.1) is 0 Å². The maximum atomic E-state index is 12.7. The molecule has 0 saturated carbocycles. The predicted octanol–water partition coefficient (Wildman–Crippen LogP) is 3.56. The van der Waals surface area contributed by atoms with Gasteiger partial charge in [0.1, 0.15) is 6.61 Å². The minimum Gasteiger partial charge on any atom is -0.385 e. The quantitative estimate of drug-likeness (QED) is 0.787. The van der Waals surface area contributed by atoms with E-state index in [0.717, 1.165) is 76.5 Å². The van der Waals surface area contributed by atoms with Crippen LogP contribution in [-0.4, -0.2) is 52.5 Å². The topological polar surface area (TPSA) is 62.8 Å². The summed E-state index contributed by atoms with van der Waals surface area (Å²) >= 11 is 0. The van der Waals surface area contributed by atoms with Gasteiger partial charge in [-0.25, -0.2) is 0 Å². The highest BCUT2D eigenvalue weighted by Crippen LogP contribution is 2.27. The van der Waals surface area contributed by atoms with E-state index >= 15 is 0 Å². The number of rotatable bonds is 5. The van der Waals surface area contributed by atoms with Crippen LogP contribution in [0.2, 0.25) is 0 Å². The number of benzene rings is 1. The third kappa shape index (κ3) is 6.98. The number of hydrogen-bond acceptors (Lipinski definition) is 5. The first kappa shape index (κ1) is 22.1. The number of carbonyl (C=O) groups excluding carboxylic acids is 1. The molecule has 6 heteroatoms. The summed E-state index contributed by atoms with van der Waals surface area (Å²) in [4.78, 5) is 14.7. The number of anilines is 2. The van der Waals surface area contributed by atoms with Crippen molar-refractivity contribution in [3.8, 4) is 0 Å². The van der Waals surface area contributed by atoms with Crippen LogP contribution in [0.25, 0.3) is 0 Å². The summed E-state index contributed by atoms with van der Waals surface area (Å²) < 4.78 is 10.6. The van der Waals surface area contributed by atoms with Crippen LogP contribution in [0.5, 0.6) is 0 Å². The van der Waals surface area contributed by atoms with Crippen molar-refractivity contribution < 1.29 is 14.3 Å². The largest absolute Gasteiger partial charge is 0.385 e. The zero-order valence-electron chi connectivity index (χ0n) is 17.9. The minimum atomic E-state index is 0.0359. The first-order chi connectivity index (χ1) is 14.3. The smallest absolute Gasteiger partial charge is 0.252 e. The molecule has 1 fully saturated rings. The van der Waals surface area contributed by atoms with Crippen molar-refractivity contribution in [2.75, 3.05) is 56.8 Å². The zero-order chi connectivity index (χ0) is 20.3. The van der Waals surface area contributed by atoms with Crippen molar-refractivity contribution in [2.24, 2.45) is 5.92 Å². The second kappa shape index (κ2) is 12.2. The molecule has 2 heterocycles. The zero-order valence-corrected chi connectivity index (χ0v) is 17.9. The molecule has 0 radical (unpaired) electrons. The molecule has 2 aliphatic heterocycles. The Morgan fingerprint density at radius 3 is 2.83 bits per heavy atom. The van der Waals surface area contributed by atoms with Gasteiger partial charge in [0.05, 0.1) is 0 Å². The van der Waals surface area contributed by atoms with Gasteiger partial charge in [0.25, 0.3) is 5.91 Å². The summed E-state index contributed by atoms with van der Waals surface area (Å²) in [5, 5.41) is 7.18. The van der Waals surface area contributed by atoms with E-state index in [2.05, 4.69) is 28.8 Å². The molecule has 1 aromatic carbocycles. The third-order valence-corrected chi connectivity index (χ3v) is 5.93. The summed E-state index contributed by atoms with van der Waals surface area (Å²) in [6, 6.07) is 6.42. The van der Waals surface area contributed by atoms with Crippen LogP contribution in [0.1, 0.15) is 50.5 Å². The van der Waals surface area contributed by atoms with Crippen LogP contribution < -0.4 is 15.5 Å². The number of carbonyl (C=O) groups is 1.